The molecule has 0 aromatic rings. The Morgan fingerprint density at radius 1 is 1.36 bits per heavy atom. The van der Waals surface area contributed by atoms with Gasteiger partial charge < -0.3 is 10.6 Å². The van der Waals surface area contributed by atoms with Crippen LogP contribution in [0.25, 0.3) is 0 Å². The number of rotatable bonds is 1. The van der Waals surface area contributed by atoms with Gasteiger partial charge in [-0.05, 0) is 39.5 Å². The number of piperidine rings is 1. The van der Waals surface area contributed by atoms with E-state index < -0.39 is 0 Å². The fourth-order valence-electron chi connectivity index (χ4n) is 2.19. The van der Waals surface area contributed by atoms with E-state index in [0.717, 1.165) is 32.2 Å². The van der Waals surface area contributed by atoms with E-state index in [-0.39, 0.29) is 11.6 Å². The lowest BCUT2D eigenvalue weighted by atomic mass is 9.88. The summed E-state index contributed by atoms with van der Waals surface area (Å²) in [5, 5.41) is 0. The maximum absolute atomic E-state index is 12.0. The van der Waals surface area contributed by atoms with Crippen LogP contribution in [0.5, 0.6) is 0 Å². The summed E-state index contributed by atoms with van der Waals surface area (Å²) >= 11 is 0. The zero-order valence-corrected chi connectivity index (χ0v) is 9.12. The fraction of sp³-hybridized carbons (Fsp3) is 0.909. The third kappa shape index (κ3) is 1.78. The van der Waals surface area contributed by atoms with Crippen molar-refractivity contribution in [3.63, 3.8) is 0 Å². The van der Waals surface area contributed by atoms with Gasteiger partial charge in [-0.2, -0.15) is 0 Å². The molecule has 2 aliphatic rings. The highest BCUT2D eigenvalue weighted by atomic mass is 16.2. The first-order chi connectivity index (χ1) is 6.50. The largest absolute Gasteiger partial charge is 0.336 e. The molecule has 1 amide bonds. The summed E-state index contributed by atoms with van der Waals surface area (Å²) in [6, 6.07) is 0.186. The van der Waals surface area contributed by atoms with Gasteiger partial charge >= 0.3 is 0 Å². The molecule has 2 N–H and O–H groups in total. The van der Waals surface area contributed by atoms with Gasteiger partial charge in [0.1, 0.15) is 0 Å². The normalized spacial score (nSPS) is 31.6. The van der Waals surface area contributed by atoms with Crippen LogP contribution in [0.1, 0.15) is 39.5 Å². The number of nitrogens with two attached hydrogens (primary N) is 1. The molecule has 1 atom stereocenters. The Balaban J connectivity index is 2.08. The van der Waals surface area contributed by atoms with Gasteiger partial charge in [-0.25, -0.2) is 0 Å². The molecule has 14 heavy (non-hydrogen) atoms. The number of amides is 1. The Kier molecular flexibility index (Phi) is 2.30. The molecule has 0 aromatic carbocycles. The molecule has 0 bridgehead atoms. The van der Waals surface area contributed by atoms with Crippen LogP contribution in [0.2, 0.25) is 0 Å². The summed E-state index contributed by atoms with van der Waals surface area (Å²) in [6.07, 6.45) is 4.25. The zero-order valence-electron chi connectivity index (χ0n) is 9.12. The molecule has 0 spiro atoms. The number of hydrogen-bond donors (Lipinski definition) is 1. The second-order valence-electron chi connectivity index (χ2n) is 5.33. The molecule has 0 radical (unpaired) electrons. The van der Waals surface area contributed by atoms with E-state index in [1.54, 1.807) is 0 Å². The summed E-state index contributed by atoms with van der Waals surface area (Å²) in [5.74, 6) is 0.657. The summed E-state index contributed by atoms with van der Waals surface area (Å²) in [6.45, 7) is 5.06. The Labute approximate surface area is 85.6 Å². The molecule has 3 heteroatoms. The van der Waals surface area contributed by atoms with Gasteiger partial charge in [0, 0.05) is 24.0 Å². The Morgan fingerprint density at radius 3 is 2.57 bits per heavy atom. The molecule has 80 valence electrons. The van der Waals surface area contributed by atoms with Gasteiger partial charge in [0.15, 0.2) is 0 Å². The molecule has 3 nitrogen and oxygen atoms in total. The highest BCUT2D eigenvalue weighted by molar-refractivity contribution is 5.81. The zero-order chi connectivity index (χ0) is 10.3. The topological polar surface area (TPSA) is 46.3 Å². The maximum Gasteiger partial charge on any atom is 0.226 e. The molecule has 1 saturated heterocycles. The lowest BCUT2D eigenvalue weighted by Crippen LogP contribution is -2.57. The second-order valence-corrected chi connectivity index (χ2v) is 5.33. The Morgan fingerprint density at radius 2 is 2.00 bits per heavy atom. The highest BCUT2D eigenvalue weighted by Gasteiger charge is 2.41. The van der Waals surface area contributed by atoms with Crippen molar-refractivity contribution in [1.82, 2.24) is 4.90 Å². The van der Waals surface area contributed by atoms with Crippen LogP contribution < -0.4 is 5.73 Å². The predicted octanol–water partition coefficient (Wildman–Crippen LogP) is 1.12. The maximum atomic E-state index is 12.0. The average Bonchev–Trinajstić information content (AvgIpc) is 2.91. The van der Waals surface area contributed by atoms with Crippen molar-refractivity contribution in [2.24, 2.45) is 11.7 Å². The third-order valence-electron chi connectivity index (χ3n) is 3.47. The fourth-order valence-corrected chi connectivity index (χ4v) is 2.19. The molecule has 2 rings (SSSR count). The molecule has 1 aliphatic heterocycles. The van der Waals surface area contributed by atoms with Gasteiger partial charge in [-0.3, -0.25) is 4.79 Å². The van der Waals surface area contributed by atoms with E-state index in [0.29, 0.717) is 11.8 Å². The molecular formula is C11H20N2O. The van der Waals surface area contributed by atoms with E-state index in [1.165, 1.54) is 0 Å². The van der Waals surface area contributed by atoms with Gasteiger partial charge in [0.05, 0.1) is 0 Å². The van der Waals surface area contributed by atoms with Crippen molar-refractivity contribution in [3.8, 4) is 0 Å². The molecule has 1 heterocycles. The average molecular weight is 196 g/mol. The molecule has 0 aromatic heterocycles. The van der Waals surface area contributed by atoms with E-state index in [4.69, 9.17) is 5.73 Å². The summed E-state index contributed by atoms with van der Waals surface area (Å²) in [4.78, 5) is 14.0. The molecule has 1 unspecified atom stereocenters. The van der Waals surface area contributed by atoms with Gasteiger partial charge in [0.2, 0.25) is 5.91 Å². The minimum absolute atomic E-state index is 0.0234. The van der Waals surface area contributed by atoms with Crippen molar-refractivity contribution < 1.29 is 4.79 Å². The first-order valence-electron chi connectivity index (χ1n) is 5.58. The van der Waals surface area contributed by atoms with E-state index in [9.17, 15) is 4.79 Å². The van der Waals surface area contributed by atoms with Gasteiger partial charge in [-0.1, -0.05) is 0 Å². The third-order valence-corrected chi connectivity index (χ3v) is 3.47. The van der Waals surface area contributed by atoms with Crippen LogP contribution in [0, 0.1) is 5.92 Å². The minimum atomic E-state index is 0.0234. The predicted molar refractivity (Wildman–Crippen MR) is 55.7 cm³/mol. The highest BCUT2D eigenvalue weighted by Crippen LogP contribution is 2.36. The Bertz CT molecular complexity index is 246. The van der Waals surface area contributed by atoms with Crippen molar-refractivity contribution in [1.29, 1.82) is 0 Å². The second kappa shape index (κ2) is 3.23. The lowest BCUT2D eigenvalue weighted by molar-refractivity contribution is -0.140. The molecule has 1 saturated carbocycles. The quantitative estimate of drug-likeness (QED) is 0.683. The van der Waals surface area contributed by atoms with E-state index in [1.807, 2.05) is 4.90 Å². The van der Waals surface area contributed by atoms with E-state index >= 15 is 0 Å². The summed E-state index contributed by atoms with van der Waals surface area (Å²) < 4.78 is 0. The van der Waals surface area contributed by atoms with Crippen LogP contribution in [0.3, 0.4) is 0 Å². The van der Waals surface area contributed by atoms with Crippen molar-refractivity contribution in [2.45, 2.75) is 51.1 Å². The Hall–Kier alpha value is -0.570. The number of likely N-dealkylation sites (tertiary alicyclic amines) is 1. The number of nitrogens with zero attached hydrogens (tertiary/aromatic N) is 1. The van der Waals surface area contributed by atoms with E-state index in [2.05, 4.69) is 13.8 Å². The molecule has 2 fully saturated rings. The number of hydrogen-bond acceptors (Lipinski definition) is 2. The smallest absolute Gasteiger partial charge is 0.226 e. The van der Waals surface area contributed by atoms with Gasteiger partial charge in [-0.15, -0.1) is 0 Å². The summed E-state index contributed by atoms with van der Waals surface area (Å²) in [7, 11) is 0. The molecule has 1 aliphatic carbocycles. The van der Waals surface area contributed by atoms with Crippen molar-refractivity contribution in [3.05, 3.63) is 0 Å². The van der Waals surface area contributed by atoms with Crippen molar-refractivity contribution in [2.75, 3.05) is 6.54 Å². The van der Waals surface area contributed by atoms with Crippen LogP contribution in [0.4, 0.5) is 0 Å². The van der Waals surface area contributed by atoms with Crippen LogP contribution >= 0.6 is 0 Å². The lowest BCUT2D eigenvalue weighted by Gasteiger charge is -2.45. The number of carbonyl (C=O) groups is 1. The minimum Gasteiger partial charge on any atom is -0.336 e. The first kappa shape index (κ1) is 9.97. The van der Waals surface area contributed by atoms with Gasteiger partial charge in [0.25, 0.3) is 0 Å². The summed E-state index contributed by atoms with van der Waals surface area (Å²) in [5.41, 5.74) is 5.93. The standard InChI is InChI=1S/C11H20N2O/c1-11(2)6-5-9(12)7-13(11)10(14)8-3-4-8/h8-9H,3-7,12H2,1-2H3. The SMILES string of the molecule is CC1(C)CCC(N)CN1C(=O)C1CC1. The van der Waals surface area contributed by atoms with Crippen LogP contribution in [0.15, 0.2) is 0 Å². The number of carbonyl (C=O) groups excluding carboxylic acids is 1. The monoisotopic (exact) mass is 196 g/mol. The molecular weight excluding hydrogens is 176 g/mol. The van der Waals surface area contributed by atoms with Crippen molar-refractivity contribution >= 4 is 5.91 Å². The van der Waals surface area contributed by atoms with Crippen LogP contribution in [-0.4, -0.2) is 28.9 Å². The first-order valence-corrected chi connectivity index (χ1v) is 5.58. The van der Waals surface area contributed by atoms with Crippen LogP contribution in [-0.2, 0) is 4.79 Å².